The molecule has 0 spiro atoms. The number of nitrogens with zero attached hydrogens (tertiary/aromatic N) is 2. The number of nitrogens with one attached hydrogen (secondary N) is 1. The number of benzene rings is 1. The van der Waals surface area contributed by atoms with E-state index >= 15 is 0 Å². The van der Waals surface area contributed by atoms with Crippen molar-refractivity contribution in [3.05, 3.63) is 34.4 Å². The largest absolute Gasteiger partial charge is 0.339 e. The summed E-state index contributed by atoms with van der Waals surface area (Å²) >= 11 is 3.25. The number of rotatable bonds is 6. The molecule has 0 amide bonds. The highest BCUT2D eigenvalue weighted by atomic mass is 79.9. The van der Waals surface area contributed by atoms with E-state index in [4.69, 9.17) is 4.52 Å². The minimum Gasteiger partial charge on any atom is -0.339 e. The van der Waals surface area contributed by atoms with Crippen molar-refractivity contribution in [3.63, 3.8) is 0 Å². The van der Waals surface area contributed by atoms with Crippen molar-refractivity contribution in [1.29, 1.82) is 0 Å². The Bertz CT molecular complexity index is 553. The number of aromatic nitrogens is 2. The molecule has 1 N–H and O–H groups in total. The molecule has 0 aliphatic heterocycles. The summed E-state index contributed by atoms with van der Waals surface area (Å²) in [5.41, 5.74) is 0.603. The van der Waals surface area contributed by atoms with Gasteiger partial charge in [0.1, 0.15) is 5.82 Å². The Morgan fingerprint density at radius 1 is 1.40 bits per heavy atom. The van der Waals surface area contributed by atoms with Crippen LogP contribution in [0, 0.1) is 5.82 Å². The lowest BCUT2D eigenvalue weighted by Crippen LogP contribution is -2.25. The third kappa shape index (κ3) is 4.11. The van der Waals surface area contributed by atoms with E-state index in [0.29, 0.717) is 34.2 Å². The van der Waals surface area contributed by atoms with Gasteiger partial charge in [0.05, 0.1) is 0 Å². The van der Waals surface area contributed by atoms with Gasteiger partial charge >= 0.3 is 0 Å². The Labute approximate surface area is 125 Å². The van der Waals surface area contributed by atoms with Gasteiger partial charge in [-0.15, -0.1) is 0 Å². The van der Waals surface area contributed by atoms with Crippen LogP contribution in [0.2, 0.25) is 0 Å². The molecule has 0 radical (unpaired) electrons. The molecule has 20 heavy (non-hydrogen) atoms. The topological polar surface area (TPSA) is 51.0 Å². The Balaban J connectivity index is 2.05. The summed E-state index contributed by atoms with van der Waals surface area (Å²) in [4.78, 5) is 4.30. The molecule has 2 rings (SSSR count). The highest BCUT2D eigenvalue weighted by molar-refractivity contribution is 9.10. The fraction of sp³-hybridized carbons (Fsp3) is 0.429. The Kier molecular flexibility index (Phi) is 5.25. The van der Waals surface area contributed by atoms with Gasteiger partial charge in [0.2, 0.25) is 11.7 Å². The smallest absolute Gasteiger partial charge is 0.227 e. The molecular weight excluding hydrogens is 325 g/mol. The van der Waals surface area contributed by atoms with Crippen molar-refractivity contribution in [2.45, 2.75) is 32.7 Å². The summed E-state index contributed by atoms with van der Waals surface area (Å²) in [7, 11) is 0. The van der Waals surface area contributed by atoms with Gasteiger partial charge in [-0.05, 0) is 38.1 Å². The van der Waals surface area contributed by atoms with Crippen LogP contribution in [0.15, 0.2) is 27.2 Å². The predicted octanol–water partition coefficient (Wildman–Crippen LogP) is 3.57. The first-order chi connectivity index (χ1) is 9.58. The molecule has 0 aliphatic carbocycles. The first-order valence-corrected chi connectivity index (χ1v) is 7.40. The zero-order valence-electron chi connectivity index (χ0n) is 11.5. The average Bonchev–Trinajstić information content (AvgIpc) is 2.84. The number of halogens is 2. The molecular formula is C14H17BrFN3O. The van der Waals surface area contributed by atoms with Gasteiger partial charge in [0, 0.05) is 22.5 Å². The van der Waals surface area contributed by atoms with E-state index in [9.17, 15) is 4.39 Å². The van der Waals surface area contributed by atoms with Crippen LogP contribution in [0.5, 0.6) is 0 Å². The monoisotopic (exact) mass is 341 g/mol. The van der Waals surface area contributed by atoms with E-state index in [1.807, 2.05) is 0 Å². The first kappa shape index (κ1) is 15.1. The van der Waals surface area contributed by atoms with E-state index < -0.39 is 0 Å². The predicted molar refractivity (Wildman–Crippen MR) is 78.9 cm³/mol. The van der Waals surface area contributed by atoms with Crippen LogP contribution in [-0.2, 0) is 6.42 Å². The molecule has 0 saturated carbocycles. The molecule has 1 aromatic heterocycles. The number of aryl methyl sites for hydroxylation is 1. The second kappa shape index (κ2) is 6.95. The van der Waals surface area contributed by atoms with Crippen molar-refractivity contribution in [2.24, 2.45) is 0 Å². The Hall–Kier alpha value is -1.27. The van der Waals surface area contributed by atoms with Gasteiger partial charge in [0.25, 0.3) is 0 Å². The van der Waals surface area contributed by atoms with Crippen molar-refractivity contribution < 1.29 is 8.91 Å². The summed E-state index contributed by atoms with van der Waals surface area (Å²) in [5.74, 6) is 0.655. The van der Waals surface area contributed by atoms with Gasteiger partial charge < -0.3 is 9.84 Å². The maximum absolute atomic E-state index is 13.3. The van der Waals surface area contributed by atoms with Crippen LogP contribution in [0.1, 0.15) is 26.2 Å². The van der Waals surface area contributed by atoms with Gasteiger partial charge in [0.15, 0.2) is 0 Å². The second-order valence-electron chi connectivity index (χ2n) is 4.67. The zero-order valence-corrected chi connectivity index (χ0v) is 13.1. The molecule has 0 bridgehead atoms. The lowest BCUT2D eigenvalue weighted by Gasteiger charge is -2.09. The van der Waals surface area contributed by atoms with E-state index in [1.165, 1.54) is 12.1 Å². The third-order valence-electron chi connectivity index (χ3n) is 2.93. The van der Waals surface area contributed by atoms with Crippen molar-refractivity contribution in [3.8, 4) is 11.4 Å². The van der Waals surface area contributed by atoms with Gasteiger partial charge in [-0.3, -0.25) is 0 Å². The normalized spacial score (nSPS) is 12.6. The quantitative estimate of drug-likeness (QED) is 0.872. The molecule has 6 heteroatoms. The Morgan fingerprint density at radius 3 is 2.90 bits per heavy atom. The third-order valence-corrected chi connectivity index (χ3v) is 3.39. The summed E-state index contributed by atoms with van der Waals surface area (Å²) < 4.78 is 19.2. The fourth-order valence-corrected chi connectivity index (χ4v) is 2.41. The molecule has 2 aromatic rings. The van der Waals surface area contributed by atoms with Crippen molar-refractivity contribution in [2.75, 3.05) is 6.54 Å². The number of hydrogen-bond acceptors (Lipinski definition) is 4. The van der Waals surface area contributed by atoms with Crippen LogP contribution >= 0.6 is 15.9 Å². The van der Waals surface area contributed by atoms with E-state index in [2.05, 4.69) is 45.2 Å². The minimum atomic E-state index is -0.332. The molecule has 108 valence electrons. The molecule has 0 fully saturated rings. The highest BCUT2D eigenvalue weighted by Gasteiger charge is 2.11. The molecule has 1 aromatic carbocycles. The van der Waals surface area contributed by atoms with Crippen molar-refractivity contribution >= 4 is 15.9 Å². The van der Waals surface area contributed by atoms with Gasteiger partial charge in [-0.25, -0.2) is 4.39 Å². The van der Waals surface area contributed by atoms with E-state index in [-0.39, 0.29) is 5.82 Å². The zero-order chi connectivity index (χ0) is 14.5. The van der Waals surface area contributed by atoms with Crippen LogP contribution in [0.25, 0.3) is 11.4 Å². The summed E-state index contributed by atoms with van der Waals surface area (Å²) in [5, 5.41) is 7.22. The van der Waals surface area contributed by atoms with Gasteiger partial charge in [-0.1, -0.05) is 28.0 Å². The van der Waals surface area contributed by atoms with Crippen LogP contribution < -0.4 is 5.32 Å². The van der Waals surface area contributed by atoms with E-state index in [0.717, 1.165) is 13.0 Å². The first-order valence-electron chi connectivity index (χ1n) is 6.61. The van der Waals surface area contributed by atoms with Gasteiger partial charge in [-0.2, -0.15) is 4.98 Å². The summed E-state index contributed by atoms with van der Waals surface area (Å²) in [6.07, 6.45) is 1.62. The lowest BCUT2D eigenvalue weighted by atomic mass is 10.2. The average molecular weight is 342 g/mol. The van der Waals surface area contributed by atoms with Crippen LogP contribution in [-0.4, -0.2) is 22.7 Å². The van der Waals surface area contributed by atoms with Crippen molar-refractivity contribution in [1.82, 2.24) is 15.5 Å². The molecule has 1 atom stereocenters. The maximum atomic E-state index is 13.3. The van der Waals surface area contributed by atoms with Crippen LogP contribution in [0.4, 0.5) is 4.39 Å². The molecule has 0 aliphatic rings. The maximum Gasteiger partial charge on any atom is 0.227 e. The fourth-order valence-electron chi connectivity index (χ4n) is 1.95. The SMILES string of the molecule is CCNC(C)CCc1nc(-c2cc(F)cc(Br)c2)no1. The van der Waals surface area contributed by atoms with Crippen LogP contribution in [0.3, 0.4) is 0 Å². The lowest BCUT2D eigenvalue weighted by molar-refractivity contribution is 0.368. The second-order valence-corrected chi connectivity index (χ2v) is 5.58. The molecule has 1 unspecified atom stereocenters. The standard InChI is InChI=1S/C14H17BrFN3O/c1-3-17-9(2)4-5-13-18-14(19-20-13)10-6-11(15)8-12(16)7-10/h6-9,17H,3-5H2,1-2H3. The molecule has 4 nitrogen and oxygen atoms in total. The van der Waals surface area contributed by atoms with E-state index in [1.54, 1.807) is 6.07 Å². The Morgan fingerprint density at radius 2 is 2.20 bits per heavy atom. The number of hydrogen-bond donors (Lipinski definition) is 1. The molecule has 0 saturated heterocycles. The molecule has 1 heterocycles. The minimum absolute atomic E-state index is 0.332. The summed E-state index contributed by atoms with van der Waals surface area (Å²) in [6.45, 7) is 5.13. The highest BCUT2D eigenvalue weighted by Crippen LogP contribution is 2.22. The summed E-state index contributed by atoms with van der Waals surface area (Å²) in [6, 6.07) is 4.95.